The smallest absolute Gasteiger partial charge is 0.240 e. The summed E-state index contributed by atoms with van der Waals surface area (Å²) in [6.07, 6.45) is 2.31. The van der Waals surface area contributed by atoms with Crippen molar-refractivity contribution in [3.05, 3.63) is 12.3 Å². The molecule has 1 amide bonds. The van der Waals surface area contributed by atoms with E-state index < -0.39 is 0 Å². The Morgan fingerprint density at radius 3 is 2.67 bits per heavy atom. The highest BCUT2D eigenvalue weighted by atomic mass is 16.2. The molecule has 0 spiro atoms. The lowest BCUT2D eigenvalue weighted by Crippen LogP contribution is -2.38. The number of hydrazine groups is 1. The Morgan fingerprint density at radius 2 is 2.22 bits per heavy atom. The van der Waals surface area contributed by atoms with E-state index in [1.807, 2.05) is 0 Å². The molecule has 1 heterocycles. The maximum atomic E-state index is 10.7. The fourth-order valence-electron chi connectivity index (χ4n) is 0.861. The van der Waals surface area contributed by atoms with E-state index in [-0.39, 0.29) is 5.91 Å². The number of nitrogens with zero attached hydrogens (tertiary/aromatic N) is 1. The van der Waals surface area contributed by atoms with Gasteiger partial charge in [0.2, 0.25) is 5.91 Å². The molecule has 1 aliphatic rings. The lowest BCUT2D eigenvalue weighted by molar-refractivity contribution is -0.131. The standard InChI is InChI=1S/C6H10N2O/c1-5-3-2-4-6(9)8(5)7/h1-4,7H2. The molecule has 0 aromatic rings. The van der Waals surface area contributed by atoms with Crippen molar-refractivity contribution in [2.75, 3.05) is 0 Å². The van der Waals surface area contributed by atoms with Crippen LogP contribution in [0, 0.1) is 0 Å². The fraction of sp³-hybridized carbons (Fsp3) is 0.500. The topological polar surface area (TPSA) is 46.3 Å². The van der Waals surface area contributed by atoms with Crippen molar-refractivity contribution in [3.8, 4) is 0 Å². The highest BCUT2D eigenvalue weighted by molar-refractivity contribution is 5.78. The van der Waals surface area contributed by atoms with E-state index in [1.165, 1.54) is 0 Å². The minimum atomic E-state index is -0.0220. The summed E-state index contributed by atoms with van der Waals surface area (Å²) in [5.41, 5.74) is 0.728. The van der Waals surface area contributed by atoms with Crippen molar-refractivity contribution in [2.45, 2.75) is 19.3 Å². The van der Waals surface area contributed by atoms with E-state index >= 15 is 0 Å². The first-order chi connectivity index (χ1) is 4.22. The summed E-state index contributed by atoms with van der Waals surface area (Å²) in [5, 5.41) is 1.14. The molecule has 1 rings (SSSR count). The van der Waals surface area contributed by atoms with Crippen molar-refractivity contribution >= 4 is 5.91 Å². The Labute approximate surface area is 54.1 Å². The number of rotatable bonds is 0. The molecule has 0 aliphatic carbocycles. The zero-order valence-electron chi connectivity index (χ0n) is 5.26. The first-order valence-corrected chi connectivity index (χ1v) is 2.97. The average Bonchev–Trinajstić information content (AvgIpc) is 1.83. The highest BCUT2D eigenvalue weighted by Gasteiger charge is 2.17. The van der Waals surface area contributed by atoms with Crippen molar-refractivity contribution in [1.82, 2.24) is 5.01 Å². The molecule has 3 nitrogen and oxygen atoms in total. The lowest BCUT2D eigenvalue weighted by Gasteiger charge is -2.23. The van der Waals surface area contributed by atoms with Gasteiger partial charge in [-0.1, -0.05) is 6.58 Å². The highest BCUT2D eigenvalue weighted by Crippen LogP contribution is 2.15. The molecular formula is C6H10N2O. The number of carbonyl (C=O) groups excluding carboxylic acids is 1. The number of hydrogen-bond donors (Lipinski definition) is 1. The van der Waals surface area contributed by atoms with Gasteiger partial charge in [0.1, 0.15) is 0 Å². The van der Waals surface area contributed by atoms with Gasteiger partial charge in [-0.2, -0.15) is 0 Å². The van der Waals surface area contributed by atoms with Crippen molar-refractivity contribution in [2.24, 2.45) is 5.84 Å². The molecule has 3 heteroatoms. The van der Waals surface area contributed by atoms with Crippen molar-refractivity contribution in [1.29, 1.82) is 0 Å². The molecular weight excluding hydrogens is 116 g/mol. The molecule has 0 bridgehead atoms. The lowest BCUT2D eigenvalue weighted by atomic mass is 10.1. The molecule has 9 heavy (non-hydrogen) atoms. The molecule has 0 saturated carbocycles. The summed E-state index contributed by atoms with van der Waals surface area (Å²) in [6.45, 7) is 3.63. The Balaban J connectivity index is 2.62. The van der Waals surface area contributed by atoms with Crippen LogP contribution in [0.1, 0.15) is 19.3 Å². The van der Waals surface area contributed by atoms with Crippen LogP contribution in [0.5, 0.6) is 0 Å². The first kappa shape index (κ1) is 6.29. The summed E-state index contributed by atoms with van der Waals surface area (Å²) < 4.78 is 0. The van der Waals surface area contributed by atoms with Gasteiger partial charge in [-0.3, -0.25) is 9.80 Å². The van der Waals surface area contributed by atoms with Gasteiger partial charge in [-0.15, -0.1) is 0 Å². The Bertz CT molecular complexity index is 137. The van der Waals surface area contributed by atoms with Gasteiger partial charge < -0.3 is 0 Å². The molecule has 1 fully saturated rings. The summed E-state index contributed by atoms with van der Waals surface area (Å²) in [4.78, 5) is 10.7. The van der Waals surface area contributed by atoms with Gasteiger partial charge in [0.15, 0.2) is 0 Å². The zero-order valence-corrected chi connectivity index (χ0v) is 5.26. The number of amides is 1. The van der Waals surface area contributed by atoms with Gasteiger partial charge in [-0.25, -0.2) is 5.84 Å². The van der Waals surface area contributed by atoms with Crippen LogP contribution in [0.25, 0.3) is 0 Å². The third kappa shape index (κ3) is 1.10. The summed E-state index contributed by atoms with van der Waals surface area (Å²) in [7, 11) is 0. The van der Waals surface area contributed by atoms with Crippen LogP contribution in [0.15, 0.2) is 12.3 Å². The van der Waals surface area contributed by atoms with Crippen LogP contribution >= 0.6 is 0 Å². The number of piperidine rings is 1. The monoisotopic (exact) mass is 126 g/mol. The minimum Gasteiger partial charge on any atom is -0.273 e. The van der Waals surface area contributed by atoms with Crippen molar-refractivity contribution in [3.63, 3.8) is 0 Å². The minimum absolute atomic E-state index is 0.0220. The van der Waals surface area contributed by atoms with Crippen LogP contribution in [-0.4, -0.2) is 10.9 Å². The maximum Gasteiger partial charge on any atom is 0.240 e. The molecule has 50 valence electrons. The second-order valence-corrected chi connectivity index (χ2v) is 2.18. The van der Waals surface area contributed by atoms with E-state index in [0.717, 1.165) is 23.5 Å². The molecule has 1 saturated heterocycles. The Morgan fingerprint density at radius 1 is 1.56 bits per heavy atom. The van der Waals surface area contributed by atoms with E-state index in [2.05, 4.69) is 6.58 Å². The molecule has 0 aromatic carbocycles. The van der Waals surface area contributed by atoms with Crippen LogP contribution in [0.3, 0.4) is 0 Å². The molecule has 2 N–H and O–H groups in total. The van der Waals surface area contributed by atoms with Gasteiger partial charge in [0.05, 0.1) is 0 Å². The van der Waals surface area contributed by atoms with Crippen LogP contribution in [0.4, 0.5) is 0 Å². The molecule has 0 unspecified atom stereocenters. The molecule has 0 aromatic heterocycles. The maximum absolute atomic E-state index is 10.7. The quantitative estimate of drug-likeness (QED) is 0.377. The van der Waals surface area contributed by atoms with Crippen LogP contribution in [0.2, 0.25) is 0 Å². The van der Waals surface area contributed by atoms with Crippen molar-refractivity contribution < 1.29 is 4.79 Å². The largest absolute Gasteiger partial charge is 0.273 e. The molecule has 0 atom stereocenters. The summed E-state index contributed by atoms with van der Waals surface area (Å²) in [5.74, 6) is 5.28. The summed E-state index contributed by atoms with van der Waals surface area (Å²) >= 11 is 0. The predicted octanol–water partition coefficient (Wildman–Crippen LogP) is 0.386. The van der Waals surface area contributed by atoms with Crippen LogP contribution in [-0.2, 0) is 4.79 Å². The second kappa shape index (κ2) is 2.19. The van der Waals surface area contributed by atoms with Gasteiger partial charge in [0, 0.05) is 12.1 Å². The third-order valence-corrected chi connectivity index (χ3v) is 1.47. The SMILES string of the molecule is C=C1CCCC(=O)N1N. The predicted molar refractivity (Wildman–Crippen MR) is 34.0 cm³/mol. The normalized spacial score (nSPS) is 20.8. The number of hydrogen-bond acceptors (Lipinski definition) is 2. The summed E-state index contributed by atoms with van der Waals surface area (Å²) in [6, 6.07) is 0. The third-order valence-electron chi connectivity index (χ3n) is 1.47. The van der Waals surface area contributed by atoms with Gasteiger partial charge in [-0.05, 0) is 12.8 Å². The van der Waals surface area contributed by atoms with E-state index in [9.17, 15) is 4.79 Å². The molecule has 0 radical (unpaired) electrons. The zero-order chi connectivity index (χ0) is 6.85. The van der Waals surface area contributed by atoms with E-state index in [4.69, 9.17) is 5.84 Å². The Hall–Kier alpha value is -0.830. The fourth-order valence-corrected chi connectivity index (χ4v) is 0.861. The second-order valence-electron chi connectivity index (χ2n) is 2.18. The average molecular weight is 126 g/mol. The van der Waals surface area contributed by atoms with E-state index in [1.54, 1.807) is 0 Å². The van der Waals surface area contributed by atoms with Crippen LogP contribution < -0.4 is 5.84 Å². The first-order valence-electron chi connectivity index (χ1n) is 2.97. The molecule has 1 aliphatic heterocycles. The van der Waals surface area contributed by atoms with Gasteiger partial charge >= 0.3 is 0 Å². The van der Waals surface area contributed by atoms with Gasteiger partial charge in [0.25, 0.3) is 0 Å². The Kier molecular flexibility index (Phi) is 1.53. The number of carbonyl (C=O) groups is 1. The van der Waals surface area contributed by atoms with E-state index in [0.29, 0.717) is 6.42 Å². The number of nitrogens with two attached hydrogens (primary N) is 1. The number of allylic oxidation sites excluding steroid dienone is 1.